The number of fused-ring (bicyclic) bond motifs is 2. The Kier molecular flexibility index (Phi) is 5.40. The lowest BCUT2D eigenvalue weighted by Crippen LogP contribution is -2.87. The van der Waals surface area contributed by atoms with Crippen molar-refractivity contribution in [2.24, 2.45) is 0 Å². The highest BCUT2D eigenvalue weighted by Gasteiger charge is 2.29. The van der Waals surface area contributed by atoms with E-state index in [2.05, 4.69) is 53.8 Å². The highest BCUT2D eigenvalue weighted by molar-refractivity contribution is 5.91. The van der Waals surface area contributed by atoms with E-state index in [1.165, 1.54) is 22.1 Å². The molecular formula is C24H28NO3+. The molecule has 3 aromatic rings. The molecule has 1 atom stereocenters. The lowest BCUT2D eigenvalue weighted by molar-refractivity contribution is -0.689. The van der Waals surface area contributed by atoms with Gasteiger partial charge in [-0.15, -0.1) is 0 Å². The molecule has 0 radical (unpaired) electrons. The molecule has 3 aromatic carbocycles. The van der Waals surface area contributed by atoms with Crippen LogP contribution in [0.15, 0.2) is 48.5 Å². The zero-order valence-corrected chi connectivity index (χ0v) is 16.8. The molecule has 0 unspecified atom stereocenters. The van der Waals surface area contributed by atoms with Gasteiger partial charge in [0.2, 0.25) is 0 Å². The fourth-order valence-corrected chi connectivity index (χ4v) is 4.23. The number of hydrogen-bond acceptors (Lipinski definition) is 3. The molecule has 2 N–H and O–H groups in total. The zero-order chi connectivity index (χ0) is 19.5. The number of hydrogen-bond donors (Lipinski definition) is 1. The van der Waals surface area contributed by atoms with E-state index in [0.717, 1.165) is 35.6 Å². The Morgan fingerprint density at radius 3 is 2.29 bits per heavy atom. The first-order valence-corrected chi connectivity index (χ1v) is 10.1. The maximum Gasteiger partial charge on any atom is 0.161 e. The van der Waals surface area contributed by atoms with Crippen LogP contribution in [-0.2, 0) is 6.42 Å². The molecule has 0 amide bonds. The SMILES string of the molecule is CCOc1cc2c(cc1OCC)[C@H](c1ccc(OC)c3ccccc13)[NH2+]CC2. The van der Waals surface area contributed by atoms with E-state index < -0.39 is 0 Å². The second-order valence-corrected chi connectivity index (χ2v) is 7.02. The molecule has 1 heterocycles. The van der Waals surface area contributed by atoms with Gasteiger partial charge in [-0.1, -0.05) is 24.3 Å². The number of nitrogens with two attached hydrogens (primary N) is 1. The molecule has 0 bridgehead atoms. The van der Waals surface area contributed by atoms with Gasteiger partial charge in [-0.2, -0.15) is 0 Å². The molecule has 4 heteroatoms. The molecule has 4 nitrogen and oxygen atoms in total. The van der Waals surface area contributed by atoms with Crippen LogP contribution >= 0.6 is 0 Å². The molecule has 0 aromatic heterocycles. The minimum Gasteiger partial charge on any atom is -0.496 e. The van der Waals surface area contributed by atoms with E-state index >= 15 is 0 Å². The molecule has 0 saturated heterocycles. The van der Waals surface area contributed by atoms with Gasteiger partial charge in [-0.3, -0.25) is 0 Å². The summed E-state index contributed by atoms with van der Waals surface area (Å²) in [7, 11) is 1.73. The summed E-state index contributed by atoms with van der Waals surface area (Å²) >= 11 is 0. The van der Waals surface area contributed by atoms with E-state index in [1.54, 1.807) is 7.11 Å². The second-order valence-electron chi connectivity index (χ2n) is 7.02. The first kappa shape index (κ1) is 18.6. The molecule has 0 fully saturated rings. The predicted octanol–water partition coefficient (Wildman–Crippen LogP) is 3.85. The van der Waals surface area contributed by atoms with Gasteiger partial charge < -0.3 is 19.5 Å². The molecular weight excluding hydrogens is 350 g/mol. The summed E-state index contributed by atoms with van der Waals surface area (Å²) in [6, 6.07) is 17.4. The van der Waals surface area contributed by atoms with Crippen molar-refractivity contribution < 1.29 is 19.5 Å². The van der Waals surface area contributed by atoms with Crippen molar-refractivity contribution in [1.82, 2.24) is 0 Å². The lowest BCUT2D eigenvalue weighted by atomic mass is 9.87. The van der Waals surface area contributed by atoms with Crippen LogP contribution in [0.2, 0.25) is 0 Å². The van der Waals surface area contributed by atoms with Crippen LogP contribution in [0, 0.1) is 0 Å². The Labute approximate surface area is 166 Å². The highest BCUT2D eigenvalue weighted by Crippen LogP contribution is 2.39. The zero-order valence-electron chi connectivity index (χ0n) is 16.8. The van der Waals surface area contributed by atoms with Crippen molar-refractivity contribution in [3.8, 4) is 17.2 Å². The third-order valence-corrected chi connectivity index (χ3v) is 5.43. The van der Waals surface area contributed by atoms with E-state index in [0.29, 0.717) is 13.2 Å². The van der Waals surface area contributed by atoms with E-state index in [4.69, 9.17) is 14.2 Å². The maximum atomic E-state index is 5.90. The highest BCUT2D eigenvalue weighted by atomic mass is 16.5. The molecule has 146 valence electrons. The van der Waals surface area contributed by atoms with Crippen molar-refractivity contribution >= 4 is 10.8 Å². The molecule has 0 saturated carbocycles. The fourth-order valence-electron chi connectivity index (χ4n) is 4.23. The van der Waals surface area contributed by atoms with E-state index in [-0.39, 0.29) is 6.04 Å². The number of methoxy groups -OCH3 is 1. The Balaban J connectivity index is 1.86. The minimum atomic E-state index is 0.231. The Hall–Kier alpha value is -2.72. The average Bonchev–Trinajstić information content (AvgIpc) is 2.73. The Morgan fingerprint density at radius 2 is 1.57 bits per heavy atom. The van der Waals surface area contributed by atoms with Crippen LogP contribution in [0.3, 0.4) is 0 Å². The maximum absolute atomic E-state index is 5.90. The molecule has 1 aliphatic rings. The summed E-state index contributed by atoms with van der Waals surface area (Å²) < 4.78 is 17.3. The first-order valence-electron chi connectivity index (χ1n) is 10.1. The minimum absolute atomic E-state index is 0.231. The lowest BCUT2D eigenvalue weighted by Gasteiger charge is -2.27. The summed E-state index contributed by atoms with van der Waals surface area (Å²) in [5.74, 6) is 2.60. The second kappa shape index (κ2) is 8.11. The summed E-state index contributed by atoms with van der Waals surface area (Å²) in [4.78, 5) is 0. The Morgan fingerprint density at radius 1 is 0.857 bits per heavy atom. The smallest absolute Gasteiger partial charge is 0.161 e. The molecule has 1 aliphatic heterocycles. The normalized spacial score (nSPS) is 15.9. The van der Waals surface area contributed by atoms with Crippen LogP contribution in [0.1, 0.15) is 36.6 Å². The summed E-state index contributed by atoms with van der Waals surface area (Å²) in [5, 5.41) is 4.81. The van der Waals surface area contributed by atoms with Crippen LogP contribution < -0.4 is 19.5 Å². The van der Waals surface area contributed by atoms with Gasteiger partial charge in [0.1, 0.15) is 11.8 Å². The molecule has 4 rings (SSSR count). The average molecular weight is 378 g/mol. The number of rotatable bonds is 6. The molecule has 28 heavy (non-hydrogen) atoms. The third-order valence-electron chi connectivity index (χ3n) is 5.43. The van der Waals surface area contributed by atoms with Crippen molar-refractivity contribution in [2.45, 2.75) is 26.3 Å². The first-order chi connectivity index (χ1) is 13.8. The van der Waals surface area contributed by atoms with Gasteiger partial charge in [0.25, 0.3) is 0 Å². The standard InChI is InChI=1S/C24H27NO3/c1-4-27-22-14-16-12-13-25-24(20(16)15-23(22)28-5-2)19-10-11-21(26-3)18-9-7-6-8-17(18)19/h6-11,14-15,24-25H,4-5,12-13H2,1-3H3/p+1/t24-/m0/s1. The summed E-state index contributed by atoms with van der Waals surface area (Å²) in [6.45, 7) is 6.33. The molecule has 0 spiro atoms. The molecule has 0 aliphatic carbocycles. The fraction of sp³-hybridized carbons (Fsp3) is 0.333. The number of ether oxygens (including phenoxy) is 3. The van der Waals surface area contributed by atoms with E-state index in [1.807, 2.05) is 13.8 Å². The van der Waals surface area contributed by atoms with Crippen LogP contribution in [0.5, 0.6) is 17.2 Å². The topological polar surface area (TPSA) is 44.3 Å². The van der Waals surface area contributed by atoms with Crippen molar-refractivity contribution in [3.63, 3.8) is 0 Å². The predicted molar refractivity (Wildman–Crippen MR) is 112 cm³/mol. The van der Waals surface area contributed by atoms with Crippen LogP contribution in [0.25, 0.3) is 10.8 Å². The van der Waals surface area contributed by atoms with Gasteiger partial charge in [-0.25, -0.2) is 0 Å². The van der Waals surface area contributed by atoms with Crippen LogP contribution in [0.4, 0.5) is 0 Å². The summed E-state index contributed by atoms with van der Waals surface area (Å²) in [5.41, 5.74) is 3.97. The van der Waals surface area contributed by atoms with Crippen molar-refractivity contribution in [2.75, 3.05) is 26.9 Å². The van der Waals surface area contributed by atoms with Gasteiger partial charge in [-0.05, 0) is 49.1 Å². The van der Waals surface area contributed by atoms with Crippen molar-refractivity contribution in [3.05, 3.63) is 65.2 Å². The third kappa shape index (κ3) is 3.29. The number of benzene rings is 3. The van der Waals surface area contributed by atoms with Crippen LogP contribution in [-0.4, -0.2) is 26.9 Å². The quantitative estimate of drug-likeness (QED) is 0.708. The largest absolute Gasteiger partial charge is 0.496 e. The summed E-state index contributed by atoms with van der Waals surface area (Å²) in [6.07, 6.45) is 1.03. The van der Waals surface area contributed by atoms with Crippen molar-refractivity contribution in [1.29, 1.82) is 0 Å². The van der Waals surface area contributed by atoms with Gasteiger partial charge in [0, 0.05) is 22.9 Å². The Bertz CT molecular complexity index is 983. The monoisotopic (exact) mass is 378 g/mol. The van der Waals surface area contributed by atoms with Gasteiger partial charge in [0.05, 0.1) is 26.9 Å². The van der Waals surface area contributed by atoms with Gasteiger partial charge >= 0.3 is 0 Å². The van der Waals surface area contributed by atoms with E-state index in [9.17, 15) is 0 Å². The number of quaternary nitrogens is 1. The van der Waals surface area contributed by atoms with Gasteiger partial charge in [0.15, 0.2) is 11.5 Å².